The maximum Gasteiger partial charge on any atom is 0.326 e. The second-order valence-electron chi connectivity index (χ2n) is 8.48. The molecule has 0 radical (unpaired) electrons. The van der Waals surface area contributed by atoms with Gasteiger partial charge in [-0.3, -0.25) is 9.69 Å². The number of urea groups is 1. The van der Waals surface area contributed by atoms with Gasteiger partial charge in [-0.1, -0.05) is 49.7 Å². The summed E-state index contributed by atoms with van der Waals surface area (Å²) in [6.07, 6.45) is 4.14. The van der Waals surface area contributed by atoms with E-state index in [-0.39, 0.29) is 24.4 Å². The van der Waals surface area contributed by atoms with Gasteiger partial charge in [0, 0.05) is 12.6 Å². The number of amides is 3. The van der Waals surface area contributed by atoms with Crippen LogP contribution in [-0.4, -0.2) is 34.4 Å². The molecule has 1 saturated heterocycles. The monoisotopic (exact) mass is 409 g/mol. The maximum absolute atomic E-state index is 13.3. The number of halogens is 1. The van der Waals surface area contributed by atoms with Gasteiger partial charge >= 0.3 is 6.03 Å². The number of hydrogen-bond acceptors (Lipinski definition) is 3. The van der Waals surface area contributed by atoms with Gasteiger partial charge in [-0.15, -0.1) is 0 Å². The highest BCUT2D eigenvalue weighted by atomic mass is 19.1. The molecule has 3 amide bonds. The van der Waals surface area contributed by atoms with E-state index < -0.39 is 5.54 Å². The van der Waals surface area contributed by atoms with Crippen LogP contribution in [0.5, 0.6) is 0 Å². The first-order valence-electron chi connectivity index (χ1n) is 10.6. The number of carbonyl (C=O) groups is 2. The summed E-state index contributed by atoms with van der Waals surface area (Å²) in [7, 11) is 0. The van der Waals surface area contributed by atoms with Gasteiger partial charge in [0.15, 0.2) is 0 Å². The highest BCUT2D eigenvalue weighted by Crippen LogP contribution is 2.32. The minimum atomic E-state index is -1.06. The van der Waals surface area contributed by atoms with Crippen molar-refractivity contribution in [1.82, 2.24) is 15.1 Å². The number of carbonyl (C=O) groups excluding carboxylic acids is 2. The zero-order valence-electron chi connectivity index (χ0n) is 17.5. The number of nitrogens with zero attached hydrogens (tertiary/aromatic N) is 2. The number of rotatable bonds is 8. The molecule has 5 nitrogen and oxygen atoms in total. The highest BCUT2D eigenvalue weighted by Gasteiger charge is 2.50. The molecule has 158 valence electrons. The first kappa shape index (κ1) is 20.5. The fourth-order valence-corrected chi connectivity index (χ4v) is 4.05. The van der Waals surface area contributed by atoms with Crippen LogP contribution in [0.1, 0.15) is 49.8 Å². The summed E-state index contributed by atoms with van der Waals surface area (Å²) in [6, 6.07) is 14.3. The minimum absolute atomic E-state index is 0.232. The predicted octanol–water partition coefficient (Wildman–Crippen LogP) is 4.17. The van der Waals surface area contributed by atoms with E-state index in [2.05, 4.69) is 17.1 Å². The van der Waals surface area contributed by atoms with E-state index in [4.69, 9.17) is 0 Å². The summed E-state index contributed by atoms with van der Waals surface area (Å²) in [4.78, 5) is 29.5. The average molecular weight is 410 g/mol. The Hall–Kier alpha value is -2.73. The smallest absolute Gasteiger partial charge is 0.319 e. The Morgan fingerprint density at radius 1 is 1.07 bits per heavy atom. The van der Waals surface area contributed by atoms with E-state index in [0.29, 0.717) is 12.6 Å². The molecule has 1 aliphatic carbocycles. The van der Waals surface area contributed by atoms with E-state index >= 15 is 0 Å². The first-order valence-corrected chi connectivity index (χ1v) is 10.6. The molecule has 0 aromatic heterocycles. The maximum atomic E-state index is 13.3. The van der Waals surface area contributed by atoms with Gasteiger partial charge < -0.3 is 5.32 Å². The summed E-state index contributed by atoms with van der Waals surface area (Å²) in [5.74, 6) is -0.507. The van der Waals surface area contributed by atoms with Crippen LogP contribution < -0.4 is 5.32 Å². The van der Waals surface area contributed by atoms with Crippen LogP contribution in [-0.2, 0) is 23.3 Å². The molecule has 1 heterocycles. The molecule has 1 N–H and O–H groups in total. The average Bonchev–Trinajstić information content (AvgIpc) is 3.55. The third kappa shape index (κ3) is 4.10. The standard InChI is InChI=1S/C24H28FN3O2/c1-3-4-17-5-9-19(10-6-17)24(2)22(29)28(23(30)26-24)16-27(21-13-14-21)15-18-7-11-20(25)12-8-18/h5-12,21H,3-4,13-16H2,1-2H3,(H,26,30)/t24-/m0/s1. The number of hydrogen-bond donors (Lipinski definition) is 1. The van der Waals surface area contributed by atoms with E-state index in [9.17, 15) is 14.0 Å². The van der Waals surface area contributed by atoms with E-state index in [1.54, 1.807) is 19.1 Å². The number of benzene rings is 2. The van der Waals surface area contributed by atoms with Crippen LogP contribution in [0.15, 0.2) is 48.5 Å². The minimum Gasteiger partial charge on any atom is -0.319 e. The van der Waals surface area contributed by atoms with Crippen LogP contribution in [0.25, 0.3) is 0 Å². The van der Waals surface area contributed by atoms with Crippen LogP contribution in [0.2, 0.25) is 0 Å². The van der Waals surface area contributed by atoms with Crippen molar-refractivity contribution in [3.8, 4) is 0 Å². The Morgan fingerprint density at radius 2 is 1.70 bits per heavy atom. The van der Waals surface area contributed by atoms with Crippen LogP contribution in [0.3, 0.4) is 0 Å². The summed E-state index contributed by atoms with van der Waals surface area (Å²) in [5.41, 5.74) is 1.91. The van der Waals surface area contributed by atoms with Crippen molar-refractivity contribution >= 4 is 11.9 Å². The van der Waals surface area contributed by atoms with E-state index in [1.807, 2.05) is 24.3 Å². The summed E-state index contributed by atoms with van der Waals surface area (Å²) in [5, 5.41) is 2.90. The molecule has 30 heavy (non-hydrogen) atoms. The Bertz CT molecular complexity index is 924. The molecule has 4 rings (SSSR count). The molecule has 0 unspecified atom stereocenters. The number of aryl methyl sites for hydroxylation is 1. The second-order valence-corrected chi connectivity index (χ2v) is 8.48. The van der Waals surface area contributed by atoms with Gasteiger partial charge in [0.1, 0.15) is 11.4 Å². The first-order chi connectivity index (χ1) is 14.4. The summed E-state index contributed by atoms with van der Waals surface area (Å²) < 4.78 is 13.2. The zero-order chi connectivity index (χ0) is 21.3. The summed E-state index contributed by atoms with van der Waals surface area (Å²) in [6.45, 7) is 4.70. The van der Waals surface area contributed by atoms with Crippen molar-refractivity contribution in [3.05, 3.63) is 71.0 Å². The largest absolute Gasteiger partial charge is 0.326 e. The quantitative estimate of drug-likeness (QED) is 0.666. The molecule has 1 aliphatic heterocycles. The molecule has 1 saturated carbocycles. The van der Waals surface area contributed by atoms with Crippen molar-refractivity contribution in [1.29, 1.82) is 0 Å². The molecular weight excluding hydrogens is 381 g/mol. The topological polar surface area (TPSA) is 52.7 Å². The van der Waals surface area contributed by atoms with Gasteiger partial charge in [-0.25, -0.2) is 14.1 Å². The Kier molecular flexibility index (Phi) is 5.60. The SMILES string of the molecule is CCCc1ccc([C@]2(C)NC(=O)N(CN(Cc3ccc(F)cc3)C3CC3)C2=O)cc1. The lowest BCUT2D eigenvalue weighted by atomic mass is 9.91. The van der Waals surface area contributed by atoms with Crippen LogP contribution in [0, 0.1) is 5.82 Å². The number of imide groups is 1. The summed E-state index contributed by atoms with van der Waals surface area (Å²) >= 11 is 0. The van der Waals surface area contributed by atoms with Gasteiger partial charge in [0.25, 0.3) is 5.91 Å². The van der Waals surface area contributed by atoms with E-state index in [0.717, 1.165) is 36.8 Å². The molecule has 1 atom stereocenters. The Labute approximate surface area is 176 Å². The van der Waals surface area contributed by atoms with Crippen molar-refractivity contribution in [2.24, 2.45) is 0 Å². The molecule has 2 fully saturated rings. The normalized spacial score (nSPS) is 21.4. The van der Waals surface area contributed by atoms with Crippen molar-refractivity contribution in [2.75, 3.05) is 6.67 Å². The zero-order valence-corrected chi connectivity index (χ0v) is 17.5. The van der Waals surface area contributed by atoms with Gasteiger partial charge in [0.05, 0.1) is 6.67 Å². The molecule has 0 spiro atoms. The Balaban J connectivity index is 1.50. The van der Waals surface area contributed by atoms with Crippen LogP contribution >= 0.6 is 0 Å². The molecule has 2 aromatic rings. The third-order valence-electron chi connectivity index (χ3n) is 6.03. The molecule has 6 heteroatoms. The van der Waals surface area contributed by atoms with Crippen molar-refractivity contribution < 1.29 is 14.0 Å². The molecule has 0 bridgehead atoms. The lowest BCUT2D eigenvalue weighted by Crippen LogP contribution is -2.44. The third-order valence-corrected chi connectivity index (χ3v) is 6.03. The fraction of sp³-hybridized carbons (Fsp3) is 0.417. The van der Waals surface area contributed by atoms with Crippen molar-refractivity contribution in [3.63, 3.8) is 0 Å². The van der Waals surface area contributed by atoms with Gasteiger partial charge in [-0.05, 0) is 55.0 Å². The second kappa shape index (κ2) is 8.19. The molecule has 2 aromatic carbocycles. The van der Waals surface area contributed by atoms with Crippen LogP contribution in [0.4, 0.5) is 9.18 Å². The highest BCUT2D eigenvalue weighted by molar-refractivity contribution is 6.07. The lowest BCUT2D eigenvalue weighted by Gasteiger charge is -2.27. The number of nitrogens with one attached hydrogen (secondary N) is 1. The van der Waals surface area contributed by atoms with Gasteiger partial charge in [-0.2, -0.15) is 0 Å². The van der Waals surface area contributed by atoms with Gasteiger partial charge in [0.2, 0.25) is 0 Å². The fourth-order valence-electron chi connectivity index (χ4n) is 4.05. The molecule has 2 aliphatic rings. The van der Waals surface area contributed by atoms with E-state index in [1.165, 1.54) is 22.6 Å². The van der Waals surface area contributed by atoms with Crippen molar-refractivity contribution in [2.45, 2.75) is 57.7 Å². The lowest BCUT2D eigenvalue weighted by molar-refractivity contribution is -0.132. The predicted molar refractivity (Wildman–Crippen MR) is 113 cm³/mol. The molecular formula is C24H28FN3O2. The Morgan fingerprint density at radius 3 is 2.30 bits per heavy atom.